The number of ether oxygens (including phenoxy) is 1. The quantitative estimate of drug-likeness (QED) is 0.311. The molecule has 2 aromatic rings. The number of carbonyl (C=O) groups is 1. The van der Waals surface area contributed by atoms with Crippen molar-refractivity contribution in [3.05, 3.63) is 72.1 Å². The first-order chi connectivity index (χ1) is 15.3. The van der Waals surface area contributed by atoms with Gasteiger partial charge in [-0.3, -0.25) is 4.79 Å². The van der Waals surface area contributed by atoms with Gasteiger partial charge >= 0.3 is 35.5 Å². The van der Waals surface area contributed by atoms with Crippen molar-refractivity contribution in [2.24, 2.45) is 5.92 Å². The summed E-state index contributed by atoms with van der Waals surface area (Å²) in [6.07, 6.45) is 6.69. The molecule has 1 fully saturated rings. The number of methoxy groups -OCH3 is 1. The molecule has 1 aliphatic rings. The Labute approximate surface area is 216 Å². The van der Waals surface area contributed by atoms with Crippen LogP contribution < -0.4 is 4.74 Å². The van der Waals surface area contributed by atoms with Crippen LogP contribution in [0, 0.1) is 11.7 Å². The summed E-state index contributed by atoms with van der Waals surface area (Å²) in [5.74, 6) is -0.598. The normalized spacial score (nSPS) is 18.8. The minimum absolute atomic E-state index is 0. The fourth-order valence-corrected chi connectivity index (χ4v) is 5.80. The van der Waals surface area contributed by atoms with E-state index in [4.69, 9.17) is 9.84 Å². The van der Waals surface area contributed by atoms with Crippen molar-refractivity contribution in [1.29, 1.82) is 0 Å². The molecule has 0 radical (unpaired) electrons. The first kappa shape index (κ1) is 27.5. The monoisotopic (exact) mass is 485 g/mol. The van der Waals surface area contributed by atoms with Gasteiger partial charge in [-0.25, -0.2) is 12.8 Å². The topological polar surface area (TPSA) is 83.9 Å². The summed E-state index contributed by atoms with van der Waals surface area (Å²) in [7, 11) is -2.25. The Morgan fingerprint density at radius 3 is 2.61 bits per heavy atom. The summed E-state index contributed by atoms with van der Waals surface area (Å²) in [5, 5.41) is 8.74. The first-order valence-electron chi connectivity index (χ1n) is 10.6. The van der Waals surface area contributed by atoms with Gasteiger partial charge in [0.25, 0.3) is 0 Å². The molecular weight excluding hydrogens is 456 g/mol. The third-order valence-corrected chi connectivity index (χ3v) is 7.59. The van der Waals surface area contributed by atoms with Gasteiger partial charge in [0, 0.05) is 13.0 Å². The summed E-state index contributed by atoms with van der Waals surface area (Å²) in [5.41, 5.74) is 0.844. The fourth-order valence-electron chi connectivity index (χ4n) is 4.11. The number of allylic oxidation sites excluding steroid dienone is 2. The number of benzene rings is 2. The van der Waals surface area contributed by atoms with Crippen molar-refractivity contribution in [2.45, 2.75) is 43.0 Å². The third-order valence-electron chi connectivity index (χ3n) is 5.70. The molecule has 9 heteroatoms. The Kier molecular flexibility index (Phi) is 10.6. The van der Waals surface area contributed by atoms with Crippen LogP contribution >= 0.6 is 0 Å². The van der Waals surface area contributed by atoms with E-state index in [0.29, 0.717) is 38.0 Å². The molecule has 0 bridgehead atoms. The van der Waals surface area contributed by atoms with Crippen molar-refractivity contribution in [2.75, 3.05) is 13.7 Å². The van der Waals surface area contributed by atoms with Crippen molar-refractivity contribution in [3.63, 3.8) is 0 Å². The molecule has 1 saturated heterocycles. The SMILES string of the molecule is COc1cccc([C@@H]2[C@H](C/C=C\CCCC(=O)O)CCN2S(=O)(=O)c2ccc(F)cc2)c1.[NaH]. The molecule has 0 unspecified atom stereocenters. The number of hydrogen-bond acceptors (Lipinski definition) is 4. The van der Waals surface area contributed by atoms with E-state index in [0.717, 1.165) is 17.7 Å². The average molecular weight is 486 g/mol. The summed E-state index contributed by atoms with van der Waals surface area (Å²) in [4.78, 5) is 10.7. The molecule has 33 heavy (non-hydrogen) atoms. The molecule has 1 aliphatic heterocycles. The van der Waals surface area contributed by atoms with Crippen LogP contribution in [0.4, 0.5) is 4.39 Å². The number of rotatable bonds is 10. The number of aliphatic carboxylic acids is 1. The van der Waals surface area contributed by atoms with E-state index >= 15 is 0 Å². The van der Waals surface area contributed by atoms with Gasteiger partial charge in [0.15, 0.2) is 0 Å². The molecule has 0 saturated carbocycles. The van der Waals surface area contributed by atoms with E-state index in [2.05, 4.69) is 0 Å². The average Bonchev–Trinajstić information content (AvgIpc) is 3.21. The number of unbranched alkanes of at least 4 members (excludes halogenated alkanes) is 1. The maximum absolute atomic E-state index is 13.4. The Morgan fingerprint density at radius 1 is 1.21 bits per heavy atom. The van der Waals surface area contributed by atoms with E-state index in [-0.39, 0.29) is 52.8 Å². The van der Waals surface area contributed by atoms with Gasteiger partial charge in [-0.05, 0) is 73.6 Å². The van der Waals surface area contributed by atoms with Crippen LogP contribution in [0.3, 0.4) is 0 Å². The van der Waals surface area contributed by atoms with E-state index in [1.54, 1.807) is 7.11 Å². The molecule has 2 atom stereocenters. The van der Waals surface area contributed by atoms with Crippen molar-refractivity contribution in [1.82, 2.24) is 4.31 Å². The number of carboxylic acid groups (broad SMARTS) is 1. The predicted molar refractivity (Wildman–Crippen MR) is 127 cm³/mol. The molecule has 0 aliphatic carbocycles. The van der Waals surface area contributed by atoms with Crippen LogP contribution in [0.15, 0.2) is 65.6 Å². The van der Waals surface area contributed by atoms with Crippen LogP contribution in [0.25, 0.3) is 0 Å². The molecule has 174 valence electrons. The molecule has 1 heterocycles. The fraction of sp³-hybridized carbons (Fsp3) is 0.375. The maximum atomic E-state index is 13.4. The molecule has 2 aromatic carbocycles. The standard InChI is InChI=1S/C24H28FNO5S.Na.H/c1-31-21-9-6-8-19(17-21)24-18(7-4-2-3-5-10-23(27)28)15-16-26(24)32(29,30)22-13-11-20(25)12-14-22;;/h2,4,6,8-9,11-14,17-18,24H,3,5,7,10,15-16H2,1H3,(H,27,28);;/b4-2-;;/t18-,24+;;/m1../s1. The van der Waals surface area contributed by atoms with Gasteiger partial charge in [-0.15, -0.1) is 0 Å². The number of halogens is 1. The second kappa shape index (κ2) is 12.7. The van der Waals surface area contributed by atoms with Crippen LogP contribution in [0.2, 0.25) is 0 Å². The molecule has 0 amide bonds. The predicted octanol–water partition coefficient (Wildman–Crippen LogP) is 4.14. The summed E-state index contributed by atoms with van der Waals surface area (Å²) in [6, 6.07) is 11.9. The van der Waals surface area contributed by atoms with E-state index in [1.165, 1.54) is 16.4 Å². The first-order valence-corrected chi connectivity index (χ1v) is 12.0. The van der Waals surface area contributed by atoms with Crippen molar-refractivity contribution >= 4 is 45.5 Å². The van der Waals surface area contributed by atoms with Crippen LogP contribution in [-0.4, -0.2) is 67.0 Å². The van der Waals surface area contributed by atoms with Crippen molar-refractivity contribution in [3.8, 4) is 5.75 Å². The third kappa shape index (κ3) is 7.13. The van der Waals surface area contributed by atoms with E-state index in [1.807, 2.05) is 36.4 Å². The Bertz CT molecular complexity index is 1060. The second-order valence-corrected chi connectivity index (χ2v) is 9.72. The summed E-state index contributed by atoms with van der Waals surface area (Å²) < 4.78 is 47.0. The molecule has 1 N–H and O–H groups in total. The van der Waals surface area contributed by atoms with E-state index in [9.17, 15) is 17.6 Å². The molecule has 0 spiro atoms. The van der Waals surface area contributed by atoms with Gasteiger partial charge in [-0.2, -0.15) is 4.31 Å². The minimum atomic E-state index is -3.82. The van der Waals surface area contributed by atoms with E-state index < -0.39 is 21.8 Å². The Morgan fingerprint density at radius 2 is 1.94 bits per heavy atom. The second-order valence-electron chi connectivity index (χ2n) is 7.83. The van der Waals surface area contributed by atoms with Crippen LogP contribution in [0.1, 0.15) is 43.7 Å². The summed E-state index contributed by atoms with van der Waals surface area (Å²) in [6.45, 7) is 0.360. The van der Waals surface area contributed by atoms with Gasteiger partial charge in [0.2, 0.25) is 10.0 Å². The Balaban J connectivity index is 0.00000385. The van der Waals surface area contributed by atoms with Gasteiger partial charge in [0.05, 0.1) is 18.0 Å². The number of nitrogens with zero attached hydrogens (tertiary/aromatic N) is 1. The van der Waals surface area contributed by atoms with Gasteiger partial charge in [0.1, 0.15) is 11.6 Å². The number of sulfonamides is 1. The zero-order valence-electron chi connectivity index (χ0n) is 18.0. The summed E-state index contributed by atoms with van der Waals surface area (Å²) >= 11 is 0. The van der Waals surface area contributed by atoms with Crippen molar-refractivity contribution < 1.29 is 27.4 Å². The van der Waals surface area contributed by atoms with Gasteiger partial charge in [-0.1, -0.05) is 24.3 Å². The zero-order chi connectivity index (χ0) is 23.1. The number of hydrogen-bond donors (Lipinski definition) is 1. The molecular formula is C24H29FNNaO5S. The van der Waals surface area contributed by atoms with Crippen LogP contribution in [-0.2, 0) is 14.8 Å². The number of carboxylic acids is 1. The zero-order valence-corrected chi connectivity index (χ0v) is 18.8. The van der Waals surface area contributed by atoms with Crippen LogP contribution in [0.5, 0.6) is 5.75 Å². The molecule has 6 nitrogen and oxygen atoms in total. The molecule has 3 rings (SSSR count). The molecule has 0 aromatic heterocycles. The van der Waals surface area contributed by atoms with Gasteiger partial charge < -0.3 is 9.84 Å². The Hall–Kier alpha value is -1.71.